The van der Waals surface area contributed by atoms with Crippen molar-refractivity contribution in [3.05, 3.63) is 47.5 Å². The topological polar surface area (TPSA) is 29.5 Å². The van der Waals surface area contributed by atoms with Crippen LogP contribution in [0, 0.1) is 0 Å². The summed E-state index contributed by atoms with van der Waals surface area (Å²) in [5.74, 6) is -0.411. The van der Waals surface area contributed by atoms with Crippen LogP contribution in [0.4, 0.5) is 0 Å². The number of hydroxylamine groups is 2. The Morgan fingerprint density at radius 3 is 2.40 bits per heavy atom. The average Bonchev–Trinajstić information content (AvgIpc) is 2.45. The first-order valence-electron chi connectivity index (χ1n) is 6.85. The quantitative estimate of drug-likeness (QED) is 0.568. The zero-order valence-corrected chi connectivity index (χ0v) is 13.3. The van der Waals surface area contributed by atoms with Gasteiger partial charge in [-0.3, -0.25) is 0 Å². The van der Waals surface area contributed by atoms with Crippen molar-refractivity contribution in [2.45, 2.75) is 40.2 Å². The summed E-state index contributed by atoms with van der Waals surface area (Å²) in [6, 6.07) is 6.33. The molecular formula is C16H24ClNO2. The summed E-state index contributed by atoms with van der Waals surface area (Å²) in [4.78, 5) is 16.5. The van der Waals surface area contributed by atoms with Crippen molar-refractivity contribution in [3.63, 3.8) is 0 Å². The second-order valence-corrected chi connectivity index (χ2v) is 4.33. The third-order valence-corrected chi connectivity index (χ3v) is 3.19. The molecule has 0 aliphatic rings. The van der Waals surface area contributed by atoms with Gasteiger partial charge < -0.3 is 4.84 Å². The first-order valence-corrected chi connectivity index (χ1v) is 6.85. The van der Waals surface area contributed by atoms with Gasteiger partial charge in [-0.05, 0) is 36.5 Å². The monoisotopic (exact) mass is 297 g/mol. The van der Waals surface area contributed by atoms with Crippen LogP contribution in [0.2, 0.25) is 0 Å². The van der Waals surface area contributed by atoms with Gasteiger partial charge in [0.25, 0.3) is 0 Å². The predicted molar refractivity (Wildman–Crippen MR) is 84.8 cm³/mol. The third kappa shape index (κ3) is 4.99. The number of rotatable bonds is 7. The molecular weight excluding hydrogens is 274 g/mol. The molecule has 0 bridgehead atoms. The van der Waals surface area contributed by atoms with E-state index in [9.17, 15) is 4.79 Å². The number of hydrogen-bond donors (Lipinski definition) is 0. The highest BCUT2D eigenvalue weighted by Crippen LogP contribution is 2.18. The first kappa shape index (κ1) is 18.7. The van der Waals surface area contributed by atoms with E-state index in [-0.39, 0.29) is 12.4 Å². The lowest BCUT2D eigenvalue weighted by molar-refractivity contribution is -0.186. The molecule has 0 heterocycles. The van der Waals surface area contributed by atoms with Crippen LogP contribution in [0.15, 0.2) is 30.9 Å². The Morgan fingerprint density at radius 1 is 1.25 bits per heavy atom. The lowest BCUT2D eigenvalue weighted by Crippen LogP contribution is -2.26. The fourth-order valence-corrected chi connectivity index (χ4v) is 2.18. The number of carbonyl (C=O) groups excluding carboxylic acids is 1. The van der Waals surface area contributed by atoms with Crippen molar-refractivity contribution >= 4 is 18.4 Å². The molecule has 0 atom stereocenters. The van der Waals surface area contributed by atoms with Gasteiger partial charge >= 0.3 is 5.97 Å². The summed E-state index contributed by atoms with van der Waals surface area (Å²) < 4.78 is 0. The van der Waals surface area contributed by atoms with Crippen molar-refractivity contribution in [1.29, 1.82) is 0 Å². The molecule has 20 heavy (non-hydrogen) atoms. The van der Waals surface area contributed by atoms with Gasteiger partial charge in [-0.25, -0.2) is 4.79 Å². The summed E-state index contributed by atoms with van der Waals surface area (Å²) in [5, 5.41) is 1.66. The maximum absolute atomic E-state index is 11.3. The minimum atomic E-state index is -0.411. The van der Waals surface area contributed by atoms with Gasteiger partial charge in [0.2, 0.25) is 0 Å². The number of carbonyl (C=O) groups is 1. The van der Waals surface area contributed by atoms with Crippen molar-refractivity contribution in [3.8, 4) is 0 Å². The summed E-state index contributed by atoms with van der Waals surface area (Å²) in [5.41, 5.74) is 3.95. The molecule has 0 saturated carbocycles. The van der Waals surface area contributed by atoms with E-state index in [2.05, 4.69) is 38.6 Å². The standard InChI is InChI=1S/C16H23NO2.ClH/c1-5-13-10-9-11-14(15(13)6-2)12-17(8-4)19-16(18)7-3;/h7,9-11H,3,5-6,8,12H2,1-2,4H3;1H. The van der Waals surface area contributed by atoms with E-state index in [0.29, 0.717) is 13.1 Å². The Labute approximate surface area is 128 Å². The van der Waals surface area contributed by atoms with Crippen LogP contribution in [-0.2, 0) is 29.0 Å². The summed E-state index contributed by atoms with van der Waals surface area (Å²) in [6.45, 7) is 11.0. The largest absolute Gasteiger partial charge is 0.364 e. The molecule has 0 unspecified atom stereocenters. The molecule has 3 nitrogen and oxygen atoms in total. The zero-order chi connectivity index (χ0) is 14.3. The van der Waals surface area contributed by atoms with E-state index < -0.39 is 5.97 Å². The molecule has 0 radical (unpaired) electrons. The second-order valence-electron chi connectivity index (χ2n) is 4.33. The van der Waals surface area contributed by atoms with Crippen LogP contribution in [0.5, 0.6) is 0 Å². The van der Waals surface area contributed by atoms with Crippen LogP contribution in [0.25, 0.3) is 0 Å². The van der Waals surface area contributed by atoms with Gasteiger partial charge in [-0.15, -0.1) is 17.5 Å². The lowest BCUT2D eigenvalue weighted by atomic mass is 9.97. The van der Waals surface area contributed by atoms with Crippen LogP contribution < -0.4 is 0 Å². The minimum Gasteiger partial charge on any atom is -0.364 e. The Hall–Kier alpha value is -1.32. The maximum Gasteiger partial charge on any atom is 0.349 e. The molecule has 0 aromatic heterocycles. The fraction of sp³-hybridized carbons (Fsp3) is 0.438. The van der Waals surface area contributed by atoms with Crippen molar-refractivity contribution < 1.29 is 9.63 Å². The highest BCUT2D eigenvalue weighted by Gasteiger charge is 2.12. The SMILES string of the molecule is C=CC(=O)ON(CC)Cc1cccc(CC)c1CC.Cl. The molecule has 1 aromatic rings. The highest BCUT2D eigenvalue weighted by atomic mass is 35.5. The predicted octanol–water partition coefficient (Wildman–Crippen LogP) is 3.70. The normalized spacial score (nSPS) is 10.0. The van der Waals surface area contributed by atoms with E-state index in [1.165, 1.54) is 22.8 Å². The molecule has 0 aliphatic carbocycles. The van der Waals surface area contributed by atoms with Gasteiger partial charge in [-0.2, -0.15) is 0 Å². The second kappa shape index (κ2) is 9.56. The minimum absolute atomic E-state index is 0. The van der Waals surface area contributed by atoms with Gasteiger partial charge in [0.1, 0.15) is 0 Å². The van der Waals surface area contributed by atoms with Crippen LogP contribution in [0.3, 0.4) is 0 Å². The van der Waals surface area contributed by atoms with E-state index in [4.69, 9.17) is 4.84 Å². The lowest BCUT2D eigenvalue weighted by Gasteiger charge is -2.21. The average molecular weight is 298 g/mol. The van der Waals surface area contributed by atoms with Crippen LogP contribution in [-0.4, -0.2) is 17.6 Å². The Bertz CT molecular complexity index is 446. The molecule has 1 rings (SSSR count). The van der Waals surface area contributed by atoms with Gasteiger partial charge in [0, 0.05) is 12.6 Å². The first-order chi connectivity index (χ1) is 9.15. The molecule has 1 aromatic carbocycles. The highest BCUT2D eigenvalue weighted by molar-refractivity contribution is 5.85. The van der Waals surface area contributed by atoms with Crippen molar-refractivity contribution in [2.75, 3.05) is 6.54 Å². The van der Waals surface area contributed by atoms with E-state index in [0.717, 1.165) is 12.8 Å². The number of benzene rings is 1. The number of nitrogens with zero attached hydrogens (tertiary/aromatic N) is 1. The smallest absolute Gasteiger partial charge is 0.349 e. The molecule has 0 aliphatic heterocycles. The van der Waals surface area contributed by atoms with Gasteiger partial charge in [0.05, 0.1) is 6.54 Å². The van der Waals surface area contributed by atoms with E-state index >= 15 is 0 Å². The Kier molecular flexibility index (Phi) is 8.93. The third-order valence-electron chi connectivity index (χ3n) is 3.19. The number of halogens is 1. The molecule has 0 fully saturated rings. The van der Waals surface area contributed by atoms with Crippen LogP contribution >= 0.6 is 12.4 Å². The Morgan fingerprint density at radius 2 is 1.90 bits per heavy atom. The fourth-order valence-electron chi connectivity index (χ4n) is 2.18. The summed E-state index contributed by atoms with van der Waals surface area (Å²) >= 11 is 0. The van der Waals surface area contributed by atoms with Gasteiger partial charge in [0.15, 0.2) is 0 Å². The van der Waals surface area contributed by atoms with Crippen molar-refractivity contribution in [1.82, 2.24) is 5.06 Å². The maximum atomic E-state index is 11.3. The van der Waals surface area contributed by atoms with Crippen molar-refractivity contribution in [2.24, 2.45) is 0 Å². The van der Waals surface area contributed by atoms with Gasteiger partial charge in [-0.1, -0.05) is 38.6 Å². The van der Waals surface area contributed by atoms with E-state index in [1.807, 2.05) is 6.92 Å². The molecule has 0 spiro atoms. The summed E-state index contributed by atoms with van der Waals surface area (Å²) in [6.07, 6.45) is 3.20. The number of hydrogen-bond acceptors (Lipinski definition) is 3. The molecule has 112 valence electrons. The van der Waals surface area contributed by atoms with E-state index in [1.54, 1.807) is 5.06 Å². The molecule has 0 amide bonds. The van der Waals surface area contributed by atoms with Crippen LogP contribution in [0.1, 0.15) is 37.5 Å². The molecule has 4 heteroatoms. The molecule has 0 saturated heterocycles. The zero-order valence-electron chi connectivity index (χ0n) is 12.5. The summed E-state index contributed by atoms with van der Waals surface area (Å²) in [7, 11) is 0. The number of aryl methyl sites for hydroxylation is 1. The Balaban J connectivity index is 0.00000361. The molecule has 0 N–H and O–H groups in total.